The molecule has 0 radical (unpaired) electrons. The van der Waals surface area contributed by atoms with Crippen molar-refractivity contribution in [3.63, 3.8) is 0 Å². The predicted molar refractivity (Wildman–Crippen MR) is 97.2 cm³/mol. The lowest BCUT2D eigenvalue weighted by Gasteiger charge is -2.32. The first-order chi connectivity index (χ1) is 10.6. The maximum Gasteiger partial charge on any atom is 0.227 e. The van der Waals surface area contributed by atoms with Gasteiger partial charge in [0, 0.05) is 19.1 Å². The molecule has 0 aromatic heterocycles. The van der Waals surface area contributed by atoms with E-state index in [0.29, 0.717) is 12.5 Å². The van der Waals surface area contributed by atoms with E-state index in [1.54, 1.807) is 0 Å². The Morgan fingerprint density at radius 3 is 2.52 bits per heavy atom. The molecule has 4 heteroatoms. The van der Waals surface area contributed by atoms with Crippen molar-refractivity contribution in [2.24, 2.45) is 5.92 Å². The minimum atomic E-state index is 0. The molecule has 3 nitrogen and oxygen atoms in total. The highest BCUT2D eigenvalue weighted by atomic mass is 35.5. The number of nitrogens with zero attached hydrogens (tertiary/aromatic N) is 1. The topological polar surface area (TPSA) is 32.3 Å². The van der Waals surface area contributed by atoms with Gasteiger partial charge in [-0.05, 0) is 63.1 Å². The summed E-state index contributed by atoms with van der Waals surface area (Å²) in [4.78, 5) is 14.6. The number of carbonyl (C=O) groups is 1. The third-order valence-corrected chi connectivity index (χ3v) is 5.09. The van der Waals surface area contributed by atoms with Gasteiger partial charge in [-0.3, -0.25) is 4.79 Å². The van der Waals surface area contributed by atoms with E-state index >= 15 is 0 Å². The number of piperidine rings is 1. The first kappa shape index (κ1) is 18.3. The third kappa shape index (κ3) is 5.22. The van der Waals surface area contributed by atoms with Gasteiger partial charge in [-0.2, -0.15) is 0 Å². The molecule has 3 rings (SSSR count). The first-order valence-electron chi connectivity index (χ1n) is 8.69. The number of benzene rings is 1. The molecular formula is C19H29ClN2O. The molecule has 1 saturated carbocycles. The van der Waals surface area contributed by atoms with Crippen LogP contribution in [0.15, 0.2) is 18.2 Å². The van der Waals surface area contributed by atoms with Crippen molar-refractivity contribution >= 4 is 18.3 Å². The summed E-state index contributed by atoms with van der Waals surface area (Å²) in [7, 11) is 0. The summed E-state index contributed by atoms with van der Waals surface area (Å²) in [5.41, 5.74) is 3.63. The van der Waals surface area contributed by atoms with Crippen LogP contribution in [-0.2, 0) is 11.2 Å². The van der Waals surface area contributed by atoms with Gasteiger partial charge in [0.2, 0.25) is 5.91 Å². The van der Waals surface area contributed by atoms with Gasteiger partial charge < -0.3 is 10.2 Å². The Balaban J connectivity index is 0.00000192. The van der Waals surface area contributed by atoms with Crippen LogP contribution in [0.5, 0.6) is 0 Å². The van der Waals surface area contributed by atoms with E-state index in [9.17, 15) is 4.79 Å². The minimum absolute atomic E-state index is 0. The van der Waals surface area contributed by atoms with Crippen LogP contribution in [0.25, 0.3) is 0 Å². The minimum Gasteiger partial charge on any atom is -0.342 e. The molecule has 1 aliphatic heterocycles. The number of carbonyl (C=O) groups excluding carboxylic acids is 1. The number of hydrogen-bond acceptors (Lipinski definition) is 2. The molecule has 1 N–H and O–H groups in total. The number of likely N-dealkylation sites (tertiary alicyclic amines) is 1. The summed E-state index contributed by atoms with van der Waals surface area (Å²) >= 11 is 0. The molecule has 128 valence electrons. The molecule has 1 saturated heterocycles. The van der Waals surface area contributed by atoms with Crippen molar-refractivity contribution in [3.05, 3.63) is 34.9 Å². The summed E-state index contributed by atoms with van der Waals surface area (Å²) in [5.74, 6) is 1.22. The summed E-state index contributed by atoms with van der Waals surface area (Å²) < 4.78 is 0. The van der Waals surface area contributed by atoms with Crippen molar-refractivity contribution in [2.45, 2.75) is 52.0 Å². The lowest BCUT2D eigenvalue weighted by Crippen LogP contribution is -2.45. The van der Waals surface area contributed by atoms with Crippen LogP contribution in [0.4, 0.5) is 0 Å². The summed E-state index contributed by atoms with van der Waals surface area (Å²) in [6, 6.07) is 6.99. The zero-order valence-electron chi connectivity index (χ0n) is 14.3. The molecule has 23 heavy (non-hydrogen) atoms. The monoisotopic (exact) mass is 336 g/mol. The normalized spacial score (nSPS) is 18.6. The van der Waals surface area contributed by atoms with Crippen LogP contribution in [-0.4, -0.2) is 36.5 Å². The van der Waals surface area contributed by atoms with Gasteiger partial charge in [-0.25, -0.2) is 0 Å². The Morgan fingerprint density at radius 2 is 1.87 bits per heavy atom. The zero-order chi connectivity index (χ0) is 15.5. The molecule has 2 aliphatic rings. The molecule has 2 fully saturated rings. The Hall–Kier alpha value is -1.06. The molecule has 1 aromatic carbocycles. The van der Waals surface area contributed by atoms with E-state index < -0.39 is 0 Å². The fraction of sp³-hybridized carbons (Fsp3) is 0.632. The Morgan fingerprint density at radius 1 is 1.17 bits per heavy atom. The molecule has 1 aliphatic carbocycles. The average molecular weight is 337 g/mol. The third-order valence-electron chi connectivity index (χ3n) is 5.09. The highest BCUT2D eigenvalue weighted by Gasteiger charge is 2.26. The SMILES string of the molecule is Cc1ccc(C)c(CC(=O)N2CCC(NCC3CC3)CC2)c1.Cl. The van der Waals surface area contributed by atoms with Gasteiger partial charge in [0.05, 0.1) is 6.42 Å². The van der Waals surface area contributed by atoms with Crippen molar-refractivity contribution in [1.82, 2.24) is 10.2 Å². The first-order valence-corrected chi connectivity index (χ1v) is 8.69. The quantitative estimate of drug-likeness (QED) is 0.895. The average Bonchev–Trinajstić information content (AvgIpc) is 3.33. The molecule has 0 unspecified atom stereocenters. The fourth-order valence-corrected chi connectivity index (χ4v) is 3.25. The fourth-order valence-electron chi connectivity index (χ4n) is 3.25. The number of rotatable bonds is 5. The molecule has 0 atom stereocenters. The summed E-state index contributed by atoms with van der Waals surface area (Å²) in [6.07, 6.45) is 5.56. The van der Waals surface area contributed by atoms with Crippen LogP contribution in [0.2, 0.25) is 0 Å². The van der Waals surface area contributed by atoms with Crippen LogP contribution in [0, 0.1) is 19.8 Å². The van der Waals surface area contributed by atoms with Crippen LogP contribution < -0.4 is 5.32 Å². The van der Waals surface area contributed by atoms with E-state index in [0.717, 1.165) is 31.8 Å². The highest BCUT2D eigenvalue weighted by molar-refractivity contribution is 5.85. The highest BCUT2D eigenvalue weighted by Crippen LogP contribution is 2.28. The molecule has 1 heterocycles. The number of hydrogen-bond donors (Lipinski definition) is 1. The van der Waals surface area contributed by atoms with Crippen molar-refractivity contribution in [3.8, 4) is 0 Å². The number of halogens is 1. The maximum absolute atomic E-state index is 12.5. The molecule has 0 spiro atoms. The zero-order valence-corrected chi connectivity index (χ0v) is 15.1. The molecule has 0 bridgehead atoms. The summed E-state index contributed by atoms with van der Waals surface area (Å²) in [6.45, 7) is 7.18. The van der Waals surface area contributed by atoms with E-state index in [1.165, 1.54) is 36.1 Å². The molecule has 1 amide bonds. The van der Waals surface area contributed by atoms with Crippen LogP contribution >= 0.6 is 12.4 Å². The molecular weight excluding hydrogens is 308 g/mol. The van der Waals surface area contributed by atoms with Crippen LogP contribution in [0.1, 0.15) is 42.4 Å². The van der Waals surface area contributed by atoms with Gasteiger partial charge >= 0.3 is 0 Å². The Labute approximate surface area is 146 Å². The van der Waals surface area contributed by atoms with E-state index in [-0.39, 0.29) is 18.3 Å². The van der Waals surface area contributed by atoms with Gasteiger partial charge in [0.15, 0.2) is 0 Å². The summed E-state index contributed by atoms with van der Waals surface area (Å²) in [5, 5.41) is 3.67. The van der Waals surface area contributed by atoms with E-state index in [2.05, 4.69) is 42.3 Å². The van der Waals surface area contributed by atoms with Gasteiger partial charge in [-0.1, -0.05) is 23.8 Å². The second kappa shape index (κ2) is 8.16. The smallest absolute Gasteiger partial charge is 0.227 e. The Bertz CT molecular complexity index is 534. The standard InChI is InChI=1S/C19H28N2O.ClH/c1-14-3-4-15(2)17(11-14)12-19(22)21-9-7-18(8-10-21)20-13-16-5-6-16;/h3-4,11,16,18,20H,5-10,12-13H2,1-2H3;1H. The number of aryl methyl sites for hydroxylation is 2. The second-order valence-corrected chi connectivity index (χ2v) is 7.11. The van der Waals surface area contributed by atoms with Crippen molar-refractivity contribution in [1.29, 1.82) is 0 Å². The second-order valence-electron chi connectivity index (χ2n) is 7.11. The Kier molecular flexibility index (Phi) is 6.49. The van der Waals surface area contributed by atoms with Gasteiger partial charge in [0.1, 0.15) is 0 Å². The number of amides is 1. The van der Waals surface area contributed by atoms with Crippen molar-refractivity contribution < 1.29 is 4.79 Å². The predicted octanol–water partition coefficient (Wildman–Crippen LogP) is 3.26. The van der Waals surface area contributed by atoms with Crippen molar-refractivity contribution in [2.75, 3.05) is 19.6 Å². The maximum atomic E-state index is 12.5. The van der Waals surface area contributed by atoms with Crippen LogP contribution in [0.3, 0.4) is 0 Å². The van der Waals surface area contributed by atoms with Gasteiger partial charge in [-0.15, -0.1) is 12.4 Å². The lowest BCUT2D eigenvalue weighted by molar-refractivity contribution is -0.131. The lowest BCUT2D eigenvalue weighted by atomic mass is 10.0. The van der Waals surface area contributed by atoms with E-state index in [4.69, 9.17) is 0 Å². The van der Waals surface area contributed by atoms with Gasteiger partial charge in [0.25, 0.3) is 0 Å². The number of nitrogens with one attached hydrogen (secondary N) is 1. The van der Waals surface area contributed by atoms with E-state index in [1.807, 2.05) is 0 Å². The largest absolute Gasteiger partial charge is 0.342 e. The molecule has 1 aromatic rings.